The Hall–Kier alpha value is -2.44. The number of hydrogen-bond acceptors (Lipinski definition) is 4. The lowest BCUT2D eigenvalue weighted by molar-refractivity contribution is 0.0593. The van der Waals surface area contributed by atoms with Crippen molar-refractivity contribution in [3.63, 3.8) is 0 Å². The average molecular weight is 456 g/mol. The third kappa shape index (κ3) is 3.74. The average Bonchev–Trinajstić information content (AvgIpc) is 2.99. The van der Waals surface area contributed by atoms with Crippen LogP contribution in [0.4, 0.5) is 0 Å². The molecule has 0 N–H and O–H groups in total. The minimum absolute atomic E-state index is 0.137. The van der Waals surface area contributed by atoms with Gasteiger partial charge < -0.3 is 14.1 Å². The molecule has 0 bridgehead atoms. The van der Waals surface area contributed by atoms with Gasteiger partial charge in [-0.1, -0.05) is 46.3 Å². The van der Waals surface area contributed by atoms with Gasteiger partial charge in [-0.2, -0.15) is 0 Å². The van der Waals surface area contributed by atoms with E-state index in [0.29, 0.717) is 36.1 Å². The number of benzene rings is 2. The molecule has 6 heteroatoms. The second-order valence-corrected chi connectivity index (χ2v) is 8.32. The van der Waals surface area contributed by atoms with E-state index in [9.17, 15) is 9.59 Å². The van der Waals surface area contributed by atoms with Crippen molar-refractivity contribution in [2.75, 3.05) is 13.2 Å². The van der Waals surface area contributed by atoms with Crippen LogP contribution in [0.2, 0.25) is 0 Å². The summed E-state index contributed by atoms with van der Waals surface area (Å²) in [7, 11) is 0. The van der Waals surface area contributed by atoms with E-state index >= 15 is 0 Å². The molecule has 1 aliphatic rings. The highest BCUT2D eigenvalue weighted by molar-refractivity contribution is 9.10. The summed E-state index contributed by atoms with van der Waals surface area (Å²) in [5.74, 6) is -0.108. The van der Waals surface area contributed by atoms with Crippen LogP contribution >= 0.6 is 15.9 Å². The molecule has 0 radical (unpaired) electrons. The molecular formula is C23H22BrNO4. The van der Waals surface area contributed by atoms with Gasteiger partial charge in [0.15, 0.2) is 5.43 Å². The second-order valence-electron chi connectivity index (χ2n) is 7.40. The van der Waals surface area contributed by atoms with E-state index in [1.54, 1.807) is 23.1 Å². The molecule has 0 aliphatic carbocycles. The summed E-state index contributed by atoms with van der Waals surface area (Å²) in [5.41, 5.74) is 1.57. The van der Waals surface area contributed by atoms with E-state index in [4.69, 9.17) is 9.15 Å². The highest BCUT2D eigenvalue weighted by atomic mass is 79.9. The first-order chi connectivity index (χ1) is 14.0. The quantitative estimate of drug-likeness (QED) is 0.495. The number of rotatable bonds is 6. The fraction of sp³-hybridized carbons (Fsp3) is 0.304. The highest BCUT2D eigenvalue weighted by Crippen LogP contribution is 2.38. The van der Waals surface area contributed by atoms with Crippen molar-refractivity contribution in [2.45, 2.75) is 32.4 Å². The van der Waals surface area contributed by atoms with E-state index < -0.39 is 6.04 Å². The number of fused-ring (bicyclic) bond motifs is 2. The van der Waals surface area contributed by atoms with Gasteiger partial charge in [0.2, 0.25) is 5.76 Å². The van der Waals surface area contributed by atoms with Gasteiger partial charge in [0, 0.05) is 17.6 Å². The van der Waals surface area contributed by atoms with Crippen LogP contribution in [0.25, 0.3) is 11.0 Å². The van der Waals surface area contributed by atoms with E-state index in [2.05, 4.69) is 15.9 Å². The molecule has 29 heavy (non-hydrogen) atoms. The van der Waals surface area contributed by atoms with Gasteiger partial charge in [0.25, 0.3) is 5.91 Å². The normalized spacial score (nSPS) is 16.1. The van der Waals surface area contributed by atoms with Crippen LogP contribution in [0, 0.1) is 0 Å². The maximum absolute atomic E-state index is 13.4. The van der Waals surface area contributed by atoms with Crippen molar-refractivity contribution in [3.05, 3.63) is 80.1 Å². The molecule has 1 unspecified atom stereocenters. The summed E-state index contributed by atoms with van der Waals surface area (Å²) in [6.45, 7) is 5.00. The van der Waals surface area contributed by atoms with Crippen LogP contribution in [0.3, 0.4) is 0 Å². The Morgan fingerprint density at radius 1 is 1.14 bits per heavy atom. The van der Waals surface area contributed by atoms with Crippen LogP contribution in [0.1, 0.15) is 48.0 Å². The maximum Gasteiger partial charge on any atom is 0.290 e. The molecule has 0 saturated heterocycles. The second kappa shape index (κ2) is 8.13. The fourth-order valence-electron chi connectivity index (χ4n) is 3.76. The topological polar surface area (TPSA) is 59.8 Å². The van der Waals surface area contributed by atoms with Gasteiger partial charge in [-0.05, 0) is 44.0 Å². The van der Waals surface area contributed by atoms with Crippen LogP contribution in [-0.2, 0) is 4.74 Å². The summed E-state index contributed by atoms with van der Waals surface area (Å²) in [4.78, 5) is 28.3. The number of carbonyl (C=O) groups is 1. The van der Waals surface area contributed by atoms with Gasteiger partial charge in [-0.3, -0.25) is 9.59 Å². The molecule has 0 spiro atoms. The van der Waals surface area contributed by atoms with Crippen molar-refractivity contribution in [1.82, 2.24) is 4.90 Å². The number of amides is 1. The minimum atomic E-state index is -0.461. The smallest absolute Gasteiger partial charge is 0.290 e. The lowest BCUT2D eigenvalue weighted by atomic mass is 9.98. The Labute approximate surface area is 177 Å². The third-order valence-electron chi connectivity index (χ3n) is 5.04. The molecule has 1 atom stereocenters. The first kappa shape index (κ1) is 19.9. The maximum atomic E-state index is 13.4. The Morgan fingerprint density at radius 3 is 2.62 bits per heavy atom. The summed E-state index contributed by atoms with van der Waals surface area (Å²) < 4.78 is 12.4. The van der Waals surface area contributed by atoms with Crippen molar-refractivity contribution in [2.24, 2.45) is 0 Å². The summed E-state index contributed by atoms with van der Waals surface area (Å²) in [6.07, 6.45) is 0.818. The monoisotopic (exact) mass is 455 g/mol. The van der Waals surface area contributed by atoms with Crippen LogP contribution < -0.4 is 5.43 Å². The van der Waals surface area contributed by atoms with Gasteiger partial charge in [-0.25, -0.2) is 0 Å². The van der Waals surface area contributed by atoms with Crippen LogP contribution in [0.5, 0.6) is 0 Å². The molecule has 2 aromatic carbocycles. The van der Waals surface area contributed by atoms with Gasteiger partial charge in [0.1, 0.15) is 5.58 Å². The molecule has 150 valence electrons. The lowest BCUT2D eigenvalue weighted by Crippen LogP contribution is -2.31. The first-order valence-corrected chi connectivity index (χ1v) is 10.5. The lowest BCUT2D eigenvalue weighted by Gasteiger charge is -2.25. The number of ether oxygens (including phenoxy) is 1. The highest BCUT2D eigenvalue weighted by Gasteiger charge is 2.42. The molecule has 2 heterocycles. The predicted molar refractivity (Wildman–Crippen MR) is 115 cm³/mol. The zero-order chi connectivity index (χ0) is 20.5. The number of hydrogen-bond donors (Lipinski definition) is 0. The molecule has 4 rings (SSSR count). The molecular weight excluding hydrogens is 434 g/mol. The number of nitrogens with zero attached hydrogens (tertiary/aromatic N) is 1. The number of carbonyl (C=O) groups excluding carboxylic acids is 1. The molecule has 0 saturated carbocycles. The van der Waals surface area contributed by atoms with Crippen molar-refractivity contribution in [3.8, 4) is 0 Å². The molecule has 1 amide bonds. The van der Waals surface area contributed by atoms with Crippen molar-refractivity contribution >= 4 is 32.8 Å². The SMILES string of the molecule is CC(C)OCCCN1C(=O)c2oc3ccc(Br)cc3c(=O)c2C1c1ccccc1. The van der Waals surface area contributed by atoms with Crippen LogP contribution in [0.15, 0.2) is 62.2 Å². The molecule has 1 aromatic heterocycles. The molecule has 5 nitrogen and oxygen atoms in total. The number of halogens is 1. The largest absolute Gasteiger partial charge is 0.450 e. The van der Waals surface area contributed by atoms with Crippen molar-refractivity contribution in [1.29, 1.82) is 0 Å². The summed E-state index contributed by atoms with van der Waals surface area (Å²) in [5, 5.41) is 0.469. The molecule has 1 aliphatic heterocycles. The minimum Gasteiger partial charge on any atom is -0.450 e. The third-order valence-corrected chi connectivity index (χ3v) is 5.53. The van der Waals surface area contributed by atoms with E-state index in [0.717, 1.165) is 10.0 Å². The zero-order valence-electron chi connectivity index (χ0n) is 16.4. The Bertz CT molecular complexity index is 1110. The Morgan fingerprint density at radius 2 is 1.90 bits per heavy atom. The van der Waals surface area contributed by atoms with E-state index in [1.807, 2.05) is 44.2 Å². The molecule has 3 aromatic rings. The zero-order valence-corrected chi connectivity index (χ0v) is 17.9. The van der Waals surface area contributed by atoms with Gasteiger partial charge in [-0.15, -0.1) is 0 Å². The van der Waals surface area contributed by atoms with E-state index in [1.165, 1.54) is 0 Å². The van der Waals surface area contributed by atoms with E-state index in [-0.39, 0.29) is 23.2 Å². The Kier molecular flexibility index (Phi) is 5.56. The fourth-order valence-corrected chi connectivity index (χ4v) is 4.12. The first-order valence-electron chi connectivity index (χ1n) is 9.71. The molecule has 0 fully saturated rings. The van der Waals surface area contributed by atoms with Crippen LogP contribution in [-0.4, -0.2) is 30.1 Å². The predicted octanol–water partition coefficient (Wildman–Crippen LogP) is 4.92. The van der Waals surface area contributed by atoms with Crippen molar-refractivity contribution < 1.29 is 13.9 Å². The van der Waals surface area contributed by atoms with Gasteiger partial charge in [0.05, 0.1) is 23.1 Å². The van der Waals surface area contributed by atoms with Gasteiger partial charge >= 0.3 is 0 Å². The summed E-state index contributed by atoms with van der Waals surface area (Å²) >= 11 is 3.41. The summed E-state index contributed by atoms with van der Waals surface area (Å²) in [6, 6.07) is 14.4. The standard InChI is InChI=1S/C23H22BrNO4/c1-14(2)28-12-6-11-25-20(15-7-4-3-5-8-15)19-21(26)17-13-16(24)9-10-18(17)29-22(19)23(25)27/h3-5,7-10,13-14,20H,6,11-12H2,1-2H3. The Balaban J connectivity index is 1.80.